The lowest BCUT2D eigenvalue weighted by molar-refractivity contribution is -0.141. The first-order valence-electron chi connectivity index (χ1n) is 10.6. The van der Waals surface area contributed by atoms with Crippen LogP contribution in [-0.2, 0) is 19.0 Å². The molecule has 2 aliphatic rings. The van der Waals surface area contributed by atoms with Gasteiger partial charge < -0.3 is 19.5 Å². The topological polar surface area (TPSA) is 110 Å². The lowest BCUT2D eigenvalue weighted by Gasteiger charge is -2.37. The molecule has 9 nitrogen and oxygen atoms in total. The number of aromatic nitrogens is 2. The predicted molar refractivity (Wildman–Crippen MR) is 114 cm³/mol. The van der Waals surface area contributed by atoms with Gasteiger partial charge in [0.1, 0.15) is 5.69 Å². The van der Waals surface area contributed by atoms with E-state index in [-0.39, 0.29) is 11.7 Å². The summed E-state index contributed by atoms with van der Waals surface area (Å²) in [5.74, 6) is -0.965. The number of benzene rings is 1. The van der Waals surface area contributed by atoms with E-state index in [4.69, 9.17) is 19.2 Å². The van der Waals surface area contributed by atoms with Crippen molar-refractivity contribution in [3.8, 4) is 6.07 Å². The lowest BCUT2D eigenvalue weighted by Crippen LogP contribution is -2.50. The molecular formula is C22H27N5O4. The number of methoxy groups -OCH3 is 1. The van der Waals surface area contributed by atoms with Crippen LogP contribution in [0.4, 0.5) is 5.82 Å². The average Bonchev–Trinajstić information content (AvgIpc) is 3.35. The van der Waals surface area contributed by atoms with Crippen LogP contribution < -0.4 is 5.32 Å². The molecule has 2 aliphatic heterocycles. The van der Waals surface area contributed by atoms with Gasteiger partial charge in [-0.05, 0) is 18.6 Å². The van der Waals surface area contributed by atoms with Crippen molar-refractivity contribution in [1.82, 2.24) is 14.9 Å². The molecule has 0 aliphatic carbocycles. The molecule has 0 unspecified atom stereocenters. The van der Waals surface area contributed by atoms with Crippen molar-refractivity contribution in [1.29, 1.82) is 5.26 Å². The van der Waals surface area contributed by atoms with Gasteiger partial charge in [0, 0.05) is 38.2 Å². The summed E-state index contributed by atoms with van der Waals surface area (Å²) in [6.45, 7) is 5.25. The minimum atomic E-state index is -1.15. The van der Waals surface area contributed by atoms with Gasteiger partial charge in [0.25, 0.3) is 0 Å². The maximum Gasteiger partial charge on any atom is 0.329 e. The van der Waals surface area contributed by atoms with Gasteiger partial charge in [-0.2, -0.15) is 5.26 Å². The molecule has 0 bridgehead atoms. The molecular weight excluding hydrogens is 398 g/mol. The summed E-state index contributed by atoms with van der Waals surface area (Å²) in [6.07, 6.45) is 1.00. The molecule has 3 heterocycles. The molecule has 2 aromatic rings. The third kappa shape index (κ3) is 4.77. The van der Waals surface area contributed by atoms with Crippen LogP contribution in [0.2, 0.25) is 0 Å². The maximum absolute atomic E-state index is 12.2. The Morgan fingerprint density at radius 2 is 2.00 bits per heavy atom. The highest BCUT2D eigenvalue weighted by molar-refractivity contribution is 5.84. The second-order valence-corrected chi connectivity index (χ2v) is 7.75. The predicted octanol–water partition coefficient (Wildman–Crippen LogP) is 1.56. The fourth-order valence-corrected chi connectivity index (χ4v) is 4.25. The summed E-state index contributed by atoms with van der Waals surface area (Å²) < 4.78 is 16.0. The first-order chi connectivity index (χ1) is 15.2. The molecule has 1 N–H and O–H groups in total. The fourth-order valence-electron chi connectivity index (χ4n) is 4.25. The smallest absolute Gasteiger partial charge is 0.329 e. The molecule has 4 rings (SSSR count). The second kappa shape index (κ2) is 10.0. The average molecular weight is 425 g/mol. The highest BCUT2D eigenvalue weighted by Gasteiger charge is 2.33. The number of nitriles is 1. The number of para-hydroxylation sites is 2. The number of nitrogens with one attached hydrogen (secondary N) is 1. The molecule has 3 atom stereocenters. The SMILES string of the molecule is COC(=O)[C@H](C#N)c1nc2ccccc2nc1NC[C@@H]([C@@H]1CCOC1)N1CCOCC1. The number of ether oxygens (including phenoxy) is 3. The summed E-state index contributed by atoms with van der Waals surface area (Å²) in [5.41, 5.74) is 1.61. The zero-order valence-corrected chi connectivity index (χ0v) is 17.6. The largest absolute Gasteiger partial charge is 0.468 e. The number of hydrogen-bond acceptors (Lipinski definition) is 9. The van der Waals surface area contributed by atoms with Crippen molar-refractivity contribution in [2.75, 3.05) is 58.5 Å². The van der Waals surface area contributed by atoms with E-state index in [0.29, 0.717) is 42.5 Å². The monoisotopic (exact) mass is 425 g/mol. The zero-order valence-electron chi connectivity index (χ0n) is 17.6. The lowest BCUT2D eigenvalue weighted by atomic mass is 9.96. The van der Waals surface area contributed by atoms with Crippen molar-refractivity contribution >= 4 is 22.8 Å². The minimum Gasteiger partial charge on any atom is -0.468 e. The van der Waals surface area contributed by atoms with Crippen LogP contribution in [0.3, 0.4) is 0 Å². The normalized spacial score (nSPS) is 21.4. The van der Waals surface area contributed by atoms with Crippen molar-refractivity contribution in [2.45, 2.75) is 18.4 Å². The first-order valence-corrected chi connectivity index (χ1v) is 10.6. The van der Waals surface area contributed by atoms with Crippen LogP contribution in [0, 0.1) is 17.2 Å². The summed E-state index contributed by atoms with van der Waals surface area (Å²) >= 11 is 0. The van der Waals surface area contributed by atoms with Gasteiger partial charge >= 0.3 is 5.97 Å². The third-order valence-electron chi connectivity index (χ3n) is 5.94. The Labute approximate surface area is 181 Å². The van der Waals surface area contributed by atoms with E-state index in [0.717, 1.165) is 32.7 Å². The molecule has 0 amide bonds. The number of nitrogens with zero attached hydrogens (tertiary/aromatic N) is 4. The van der Waals surface area contributed by atoms with Crippen molar-refractivity contribution in [2.24, 2.45) is 5.92 Å². The minimum absolute atomic E-state index is 0.228. The molecule has 1 aromatic carbocycles. The quantitative estimate of drug-likeness (QED) is 0.661. The Kier molecular flexibility index (Phi) is 6.92. The van der Waals surface area contributed by atoms with Crippen LogP contribution in [0.15, 0.2) is 24.3 Å². The second-order valence-electron chi connectivity index (χ2n) is 7.75. The molecule has 2 saturated heterocycles. The van der Waals surface area contributed by atoms with Crippen LogP contribution >= 0.6 is 0 Å². The van der Waals surface area contributed by atoms with E-state index in [1.807, 2.05) is 30.3 Å². The third-order valence-corrected chi connectivity index (χ3v) is 5.94. The molecule has 9 heteroatoms. The Hall–Kier alpha value is -2.80. The highest BCUT2D eigenvalue weighted by Crippen LogP contribution is 2.27. The molecule has 0 saturated carbocycles. The number of carbonyl (C=O) groups is 1. The zero-order chi connectivity index (χ0) is 21.6. The van der Waals surface area contributed by atoms with Crippen LogP contribution in [-0.4, -0.2) is 80.1 Å². The van der Waals surface area contributed by atoms with Crippen molar-refractivity contribution in [3.05, 3.63) is 30.0 Å². The Morgan fingerprint density at radius 3 is 2.65 bits per heavy atom. The molecule has 1 aromatic heterocycles. The maximum atomic E-state index is 12.2. The van der Waals surface area contributed by atoms with Gasteiger partial charge in [0.15, 0.2) is 11.7 Å². The van der Waals surface area contributed by atoms with Crippen molar-refractivity contribution < 1.29 is 19.0 Å². The standard InChI is InChI=1S/C22H27N5O4/c1-29-22(28)16(12-23)20-21(26-18-5-3-2-4-17(18)25-20)24-13-19(15-6-9-31-14-15)27-7-10-30-11-8-27/h2-5,15-16,19H,6-11,13-14H2,1H3,(H,24,26)/t15-,16-,19+/m1/s1. The summed E-state index contributed by atoms with van der Waals surface area (Å²) in [5, 5.41) is 13.0. The van der Waals surface area contributed by atoms with Gasteiger partial charge in [0.2, 0.25) is 0 Å². The molecule has 2 fully saturated rings. The molecule has 31 heavy (non-hydrogen) atoms. The summed E-state index contributed by atoms with van der Waals surface area (Å²) in [7, 11) is 1.27. The Balaban J connectivity index is 1.64. The van der Waals surface area contributed by atoms with E-state index in [1.54, 1.807) is 0 Å². The van der Waals surface area contributed by atoms with Gasteiger partial charge in [-0.15, -0.1) is 0 Å². The summed E-state index contributed by atoms with van der Waals surface area (Å²) in [4.78, 5) is 24.0. The van der Waals surface area contributed by atoms with E-state index in [2.05, 4.69) is 15.2 Å². The Morgan fingerprint density at radius 1 is 1.26 bits per heavy atom. The van der Waals surface area contributed by atoms with E-state index < -0.39 is 11.9 Å². The molecule has 0 radical (unpaired) electrons. The number of anilines is 1. The van der Waals surface area contributed by atoms with Crippen molar-refractivity contribution in [3.63, 3.8) is 0 Å². The van der Waals surface area contributed by atoms with Crippen LogP contribution in [0.25, 0.3) is 11.0 Å². The van der Waals surface area contributed by atoms with E-state index in [9.17, 15) is 10.1 Å². The van der Waals surface area contributed by atoms with Gasteiger partial charge in [-0.3, -0.25) is 9.69 Å². The van der Waals surface area contributed by atoms with Gasteiger partial charge in [-0.1, -0.05) is 12.1 Å². The van der Waals surface area contributed by atoms with Gasteiger partial charge in [0.05, 0.1) is 44.0 Å². The number of morpholine rings is 1. The van der Waals surface area contributed by atoms with E-state index >= 15 is 0 Å². The summed E-state index contributed by atoms with van der Waals surface area (Å²) in [6, 6.07) is 9.65. The fraction of sp³-hybridized carbons (Fsp3) is 0.545. The van der Waals surface area contributed by atoms with E-state index in [1.165, 1.54) is 7.11 Å². The first kappa shape index (κ1) is 21.4. The van der Waals surface area contributed by atoms with Crippen LogP contribution in [0.5, 0.6) is 0 Å². The number of carbonyl (C=O) groups excluding carboxylic acids is 1. The van der Waals surface area contributed by atoms with Crippen LogP contribution in [0.1, 0.15) is 18.0 Å². The molecule has 164 valence electrons. The highest BCUT2D eigenvalue weighted by atomic mass is 16.5. The molecule has 0 spiro atoms. The van der Waals surface area contributed by atoms with Gasteiger partial charge in [-0.25, -0.2) is 9.97 Å². The number of hydrogen-bond donors (Lipinski definition) is 1. The number of fused-ring (bicyclic) bond motifs is 1. The Bertz CT molecular complexity index is 951. The number of esters is 1. The number of rotatable bonds is 7.